The van der Waals surface area contributed by atoms with E-state index in [2.05, 4.69) is 20.6 Å². The molecule has 2 aromatic rings. The number of nitrogens with zero attached hydrogens (tertiary/aromatic N) is 2. The quantitative estimate of drug-likeness (QED) is 0.765. The molecule has 25 heavy (non-hydrogen) atoms. The van der Waals surface area contributed by atoms with Crippen LogP contribution >= 0.6 is 0 Å². The summed E-state index contributed by atoms with van der Waals surface area (Å²) in [5, 5.41) is 16.4. The van der Waals surface area contributed by atoms with Crippen molar-refractivity contribution in [1.29, 1.82) is 0 Å². The van der Waals surface area contributed by atoms with Crippen LogP contribution in [0.2, 0.25) is 0 Å². The predicted molar refractivity (Wildman–Crippen MR) is 95.7 cm³/mol. The van der Waals surface area contributed by atoms with Crippen molar-refractivity contribution in [2.75, 3.05) is 19.0 Å². The van der Waals surface area contributed by atoms with Gasteiger partial charge in [-0.2, -0.15) is 0 Å². The number of aromatic nitrogens is 2. The van der Waals surface area contributed by atoms with Crippen LogP contribution in [0.4, 0.5) is 5.95 Å². The van der Waals surface area contributed by atoms with Gasteiger partial charge in [0.1, 0.15) is 11.3 Å². The van der Waals surface area contributed by atoms with Gasteiger partial charge in [-0.1, -0.05) is 12.1 Å². The van der Waals surface area contributed by atoms with E-state index in [1.165, 1.54) is 0 Å². The average Bonchev–Trinajstić information content (AvgIpc) is 2.62. The summed E-state index contributed by atoms with van der Waals surface area (Å²) in [7, 11) is 1.58. The molecule has 0 spiro atoms. The van der Waals surface area contributed by atoms with Gasteiger partial charge >= 0.3 is 0 Å². The Bertz CT molecular complexity index is 757. The Kier molecular flexibility index (Phi) is 5.33. The smallest absolute Gasteiger partial charge is 0.257 e. The summed E-state index contributed by atoms with van der Waals surface area (Å²) in [6.07, 6.45) is 4.96. The number of fused-ring (bicyclic) bond motifs is 1. The molecule has 134 valence electrons. The van der Waals surface area contributed by atoms with E-state index in [1.807, 2.05) is 19.1 Å². The molecule has 1 fully saturated rings. The Hall–Kier alpha value is -2.41. The number of aryl methyl sites for hydroxylation is 1. The van der Waals surface area contributed by atoms with E-state index in [4.69, 9.17) is 4.74 Å². The lowest BCUT2D eigenvalue weighted by Gasteiger charge is -2.26. The first kappa shape index (κ1) is 17.4. The molecule has 3 N–H and O–H groups in total. The Morgan fingerprint density at radius 3 is 2.80 bits per heavy atom. The minimum absolute atomic E-state index is 0.0519. The Balaban J connectivity index is 1.83. The summed E-state index contributed by atoms with van der Waals surface area (Å²) in [5.41, 5.74) is 1.61. The lowest BCUT2D eigenvalue weighted by atomic mass is 9.93. The lowest BCUT2D eigenvalue weighted by molar-refractivity contribution is -0.122. The van der Waals surface area contributed by atoms with Gasteiger partial charge in [0.15, 0.2) is 6.61 Å². The van der Waals surface area contributed by atoms with Gasteiger partial charge in [0.05, 0.1) is 6.10 Å². The number of aliphatic hydroxyl groups is 1. The number of aliphatic hydroxyl groups excluding tert-OH is 1. The molecule has 3 rings (SSSR count). The van der Waals surface area contributed by atoms with Crippen LogP contribution in [0.3, 0.4) is 0 Å². The molecular formula is C18H24N4O3. The largest absolute Gasteiger partial charge is 0.481 e. The fourth-order valence-electron chi connectivity index (χ4n) is 3.04. The summed E-state index contributed by atoms with van der Waals surface area (Å²) >= 11 is 0. The summed E-state index contributed by atoms with van der Waals surface area (Å²) in [5.74, 6) is 0.958. The zero-order valence-corrected chi connectivity index (χ0v) is 14.6. The number of rotatable bonds is 5. The van der Waals surface area contributed by atoms with Crippen molar-refractivity contribution in [3.05, 3.63) is 23.9 Å². The van der Waals surface area contributed by atoms with Crippen LogP contribution in [0, 0.1) is 6.92 Å². The van der Waals surface area contributed by atoms with Crippen molar-refractivity contribution in [2.24, 2.45) is 0 Å². The topological polar surface area (TPSA) is 96.4 Å². The van der Waals surface area contributed by atoms with Gasteiger partial charge in [0, 0.05) is 24.7 Å². The number of likely N-dealkylation sites (N-methyl/N-ethyl adjacent to an activating group) is 1. The van der Waals surface area contributed by atoms with Crippen molar-refractivity contribution in [3.8, 4) is 5.75 Å². The van der Waals surface area contributed by atoms with E-state index in [9.17, 15) is 9.90 Å². The molecule has 0 radical (unpaired) electrons. The zero-order chi connectivity index (χ0) is 17.8. The first-order valence-electron chi connectivity index (χ1n) is 8.61. The highest BCUT2D eigenvalue weighted by molar-refractivity contribution is 5.86. The van der Waals surface area contributed by atoms with Gasteiger partial charge in [0.2, 0.25) is 5.95 Å². The highest BCUT2D eigenvalue weighted by atomic mass is 16.5. The third-order valence-corrected chi connectivity index (χ3v) is 4.56. The van der Waals surface area contributed by atoms with Crippen molar-refractivity contribution < 1.29 is 14.6 Å². The molecule has 1 saturated carbocycles. The second-order valence-corrected chi connectivity index (χ2v) is 6.45. The number of benzene rings is 1. The summed E-state index contributed by atoms with van der Waals surface area (Å²) in [6.45, 7) is 1.88. The predicted octanol–water partition coefficient (Wildman–Crippen LogP) is 1.78. The maximum atomic E-state index is 11.5. The van der Waals surface area contributed by atoms with E-state index < -0.39 is 0 Å². The molecule has 0 saturated heterocycles. The molecule has 1 aliphatic rings. The van der Waals surface area contributed by atoms with Crippen molar-refractivity contribution in [2.45, 2.75) is 44.8 Å². The van der Waals surface area contributed by atoms with Gasteiger partial charge in [-0.15, -0.1) is 0 Å². The van der Waals surface area contributed by atoms with E-state index in [0.717, 1.165) is 36.6 Å². The van der Waals surface area contributed by atoms with Crippen LogP contribution in [0.5, 0.6) is 5.75 Å². The molecule has 1 heterocycles. The Morgan fingerprint density at radius 1 is 1.32 bits per heavy atom. The van der Waals surface area contributed by atoms with E-state index in [0.29, 0.717) is 17.2 Å². The number of carbonyl (C=O) groups excluding carboxylic acids is 1. The monoisotopic (exact) mass is 344 g/mol. The summed E-state index contributed by atoms with van der Waals surface area (Å²) in [4.78, 5) is 20.5. The molecule has 0 atom stereocenters. The minimum Gasteiger partial charge on any atom is -0.481 e. The fraction of sp³-hybridized carbons (Fsp3) is 0.500. The van der Waals surface area contributed by atoms with Gasteiger partial charge in [-0.05, 0) is 38.2 Å². The molecule has 1 amide bonds. The number of amides is 1. The third-order valence-electron chi connectivity index (χ3n) is 4.56. The van der Waals surface area contributed by atoms with Gasteiger partial charge in [0.25, 0.3) is 5.91 Å². The van der Waals surface area contributed by atoms with Crippen molar-refractivity contribution >= 4 is 22.8 Å². The number of hydrogen-bond acceptors (Lipinski definition) is 6. The fourth-order valence-corrected chi connectivity index (χ4v) is 3.04. The van der Waals surface area contributed by atoms with Crippen molar-refractivity contribution in [1.82, 2.24) is 15.3 Å². The number of hydrogen-bond donors (Lipinski definition) is 3. The first-order valence-corrected chi connectivity index (χ1v) is 8.61. The molecule has 7 heteroatoms. The Labute approximate surface area is 146 Å². The maximum absolute atomic E-state index is 11.5. The van der Waals surface area contributed by atoms with Crippen LogP contribution in [-0.4, -0.2) is 46.8 Å². The SMILES string of the molecule is CNC(=O)COc1c(C)ccc2cnc(N[C@H]3CC[C@H](O)CC3)nc12. The average molecular weight is 344 g/mol. The van der Waals surface area contributed by atoms with Gasteiger partial charge < -0.3 is 20.5 Å². The van der Waals surface area contributed by atoms with Crippen LogP contribution in [0.25, 0.3) is 10.9 Å². The highest BCUT2D eigenvalue weighted by Crippen LogP contribution is 2.29. The van der Waals surface area contributed by atoms with Gasteiger partial charge in [-0.3, -0.25) is 4.79 Å². The molecular weight excluding hydrogens is 320 g/mol. The standard InChI is InChI=1S/C18H24N4O3/c1-11-3-4-12-9-20-18(21-13-5-7-14(23)8-6-13)22-16(12)17(11)25-10-15(24)19-2/h3-4,9,13-14,23H,5-8,10H2,1-2H3,(H,19,24)(H,20,21,22)/t13-,14-. The van der Waals surface area contributed by atoms with E-state index in [1.54, 1.807) is 13.2 Å². The third kappa shape index (κ3) is 4.17. The lowest BCUT2D eigenvalue weighted by Crippen LogP contribution is -2.29. The van der Waals surface area contributed by atoms with Crippen LogP contribution < -0.4 is 15.4 Å². The zero-order valence-electron chi connectivity index (χ0n) is 14.6. The van der Waals surface area contributed by atoms with Gasteiger partial charge in [-0.25, -0.2) is 9.97 Å². The van der Waals surface area contributed by atoms with Crippen LogP contribution in [-0.2, 0) is 4.79 Å². The van der Waals surface area contributed by atoms with E-state index in [-0.39, 0.29) is 24.7 Å². The van der Waals surface area contributed by atoms with Crippen molar-refractivity contribution in [3.63, 3.8) is 0 Å². The maximum Gasteiger partial charge on any atom is 0.257 e. The Morgan fingerprint density at radius 2 is 2.08 bits per heavy atom. The second-order valence-electron chi connectivity index (χ2n) is 6.45. The van der Waals surface area contributed by atoms with E-state index >= 15 is 0 Å². The van der Waals surface area contributed by atoms with Crippen LogP contribution in [0.1, 0.15) is 31.2 Å². The number of nitrogens with one attached hydrogen (secondary N) is 2. The molecule has 0 aliphatic heterocycles. The van der Waals surface area contributed by atoms with Crippen LogP contribution in [0.15, 0.2) is 18.3 Å². The molecule has 1 aromatic heterocycles. The number of anilines is 1. The normalized spacial score (nSPS) is 20.3. The number of ether oxygens (including phenoxy) is 1. The summed E-state index contributed by atoms with van der Waals surface area (Å²) in [6, 6.07) is 4.14. The highest BCUT2D eigenvalue weighted by Gasteiger charge is 2.20. The number of carbonyl (C=O) groups is 1. The molecule has 1 aliphatic carbocycles. The molecule has 0 unspecified atom stereocenters. The summed E-state index contributed by atoms with van der Waals surface area (Å²) < 4.78 is 5.70. The molecule has 0 bridgehead atoms. The molecule has 7 nitrogen and oxygen atoms in total. The minimum atomic E-state index is -0.192. The second kappa shape index (κ2) is 7.65. The first-order chi connectivity index (χ1) is 12.1. The molecule has 1 aromatic carbocycles.